The largest absolute Gasteiger partial charge is 0.352 e. The molecule has 0 fully saturated rings. The zero-order valence-corrected chi connectivity index (χ0v) is 17.5. The topological polar surface area (TPSA) is 93.1 Å². The highest BCUT2D eigenvalue weighted by Crippen LogP contribution is 2.16. The molecule has 0 bridgehead atoms. The van der Waals surface area contributed by atoms with Crippen molar-refractivity contribution in [1.82, 2.24) is 14.9 Å². The molecule has 3 aromatic rings. The van der Waals surface area contributed by atoms with Crippen molar-refractivity contribution in [2.24, 2.45) is 0 Å². The lowest BCUT2D eigenvalue weighted by molar-refractivity contribution is -0.116. The van der Waals surface area contributed by atoms with Gasteiger partial charge in [0.05, 0.1) is 28.5 Å². The molecule has 7 nitrogen and oxygen atoms in total. The van der Waals surface area contributed by atoms with Crippen molar-refractivity contribution in [2.45, 2.75) is 26.3 Å². The van der Waals surface area contributed by atoms with Crippen LogP contribution in [0.15, 0.2) is 58.1 Å². The molecular weight excluding hydrogens is 436 g/mol. The average Bonchev–Trinajstić information content (AvgIpc) is 2.72. The summed E-state index contributed by atoms with van der Waals surface area (Å²) >= 11 is 3.35. The maximum Gasteiger partial charge on any atom is 0.261 e. The number of hydrogen-bond acceptors (Lipinski definition) is 4. The Morgan fingerprint density at radius 2 is 1.97 bits per heavy atom. The molecule has 0 aliphatic heterocycles. The fourth-order valence-corrected chi connectivity index (χ4v) is 3.21. The standard InChI is InChI=1S/C21H21BrN4O3/c1-2-10-23-20(28)15-5-3-4-6-18(15)25-19(27)9-11-26-13-24-17-8-7-14(22)12-16(17)21(26)29/h3-8,12-13H,2,9-11H2,1H3,(H,23,28)(H,25,27). The number of nitrogens with zero attached hydrogens (tertiary/aromatic N) is 2. The quantitative estimate of drug-likeness (QED) is 0.569. The number of rotatable bonds is 7. The van der Waals surface area contributed by atoms with Crippen molar-refractivity contribution in [1.29, 1.82) is 0 Å². The molecule has 0 atom stereocenters. The van der Waals surface area contributed by atoms with Crippen LogP contribution in [0.2, 0.25) is 0 Å². The van der Waals surface area contributed by atoms with E-state index < -0.39 is 0 Å². The van der Waals surface area contributed by atoms with Crippen molar-refractivity contribution < 1.29 is 9.59 Å². The van der Waals surface area contributed by atoms with Gasteiger partial charge in [-0.3, -0.25) is 19.0 Å². The van der Waals surface area contributed by atoms with Gasteiger partial charge in [0, 0.05) is 24.0 Å². The normalized spacial score (nSPS) is 10.7. The van der Waals surface area contributed by atoms with Gasteiger partial charge in [-0.2, -0.15) is 0 Å². The molecule has 2 aromatic carbocycles. The van der Waals surface area contributed by atoms with E-state index in [-0.39, 0.29) is 30.3 Å². The second-order valence-corrected chi connectivity index (χ2v) is 7.42. The van der Waals surface area contributed by atoms with Crippen LogP contribution in [-0.2, 0) is 11.3 Å². The lowest BCUT2D eigenvalue weighted by Gasteiger charge is -2.12. The zero-order chi connectivity index (χ0) is 20.8. The third-order valence-electron chi connectivity index (χ3n) is 4.35. The number of para-hydroxylation sites is 1. The molecule has 1 heterocycles. The van der Waals surface area contributed by atoms with Crippen LogP contribution in [-0.4, -0.2) is 27.9 Å². The first-order valence-corrected chi connectivity index (χ1v) is 10.1. The van der Waals surface area contributed by atoms with Crippen LogP contribution in [0.3, 0.4) is 0 Å². The van der Waals surface area contributed by atoms with Gasteiger partial charge >= 0.3 is 0 Å². The predicted octanol–water partition coefficient (Wildman–Crippen LogP) is 3.33. The van der Waals surface area contributed by atoms with Crippen LogP contribution in [0, 0.1) is 0 Å². The minimum absolute atomic E-state index is 0.0754. The monoisotopic (exact) mass is 456 g/mol. The van der Waals surface area contributed by atoms with Crippen LogP contribution in [0.1, 0.15) is 30.1 Å². The minimum Gasteiger partial charge on any atom is -0.352 e. The number of carbonyl (C=O) groups excluding carboxylic acids is 2. The number of amides is 2. The maximum atomic E-state index is 12.6. The van der Waals surface area contributed by atoms with Gasteiger partial charge in [-0.15, -0.1) is 0 Å². The lowest BCUT2D eigenvalue weighted by Crippen LogP contribution is -2.26. The van der Waals surface area contributed by atoms with E-state index in [1.165, 1.54) is 10.9 Å². The summed E-state index contributed by atoms with van der Waals surface area (Å²) in [5.74, 6) is -0.523. The number of benzene rings is 2. The van der Waals surface area contributed by atoms with Crippen LogP contribution >= 0.6 is 15.9 Å². The minimum atomic E-state index is -0.290. The van der Waals surface area contributed by atoms with Crippen molar-refractivity contribution >= 4 is 44.3 Å². The average molecular weight is 457 g/mol. The molecule has 8 heteroatoms. The summed E-state index contributed by atoms with van der Waals surface area (Å²) < 4.78 is 2.20. The molecule has 0 radical (unpaired) electrons. The van der Waals surface area contributed by atoms with Crippen LogP contribution in [0.4, 0.5) is 5.69 Å². The molecule has 0 unspecified atom stereocenters. The van der Waals surface area contributed by atoms with Crippen LogP contribution < -0.4 is 16.2 Å². The van der Waals surface area contributed by atoms with Crippen molar-refractivity contribution in [3.8, 4) is 0 Å². The Balaban J connectivity index is 1.70. The van der Waals surface area contributed by atoms with Crippen LogP contribution in [0.5, 0.6) is 0 Å². The van der Waals surface area contributed by atoms with Gasteiger partial charge in [0.1, 0.15) is 0 Å². The zero-order valence-electron chi connectivity index (χ0n) is 15.9. The molecule has 2 amide bonds. The highest BCUT2D eigenvalue weighted by atomic mass is 79.9. The number of aryl methyl sites for hydroxylation is 1. The first-order chi connectivity index (χ1) is 14.0. The number of aromatic nitrogens is 2. The Labute approximate surface area is 176 Å². The van der Waals surface area contributed by atoms with E-state index in [1.807, 2.05) is 13.0 Å². The molecule has 1 aromatic heterocycles. The molecule has 29 heavy (non-hydrogen) atoms. The summed E-state index contributed by atoms with van der Waals surface area (Å²) in [7, 11) is 0. The molecule has 0 aliphatic carbocycles. The molecule has 3 rings (SSSR count). The SMILES string of the molecule is CCCNC(=O)c1ccccc1NC(=O)CCn1cnc2ccc(Br)cc2c1=O. The molecule has 150 valence electrons. The Hall–Kier alpha value is -3.00. The van der Waals surface area contributed by atoms with Crippen LogP contribution in [0.25, 0.3) is 10.9 Å². The Morgan fingerprint density at radius 1 is 1.17 bits per heavy atom. The van der Waals surface area contributed by atoms with E-state index in [9.17, 15) is 14.4 Å². The van der Waals surface area contributed by atoms with E-state index in [0.717, 1.165) is 10.9 Å². The summed E-state index contributed by atoms with van der Waals surface area (Å²) in [6.45, 7) is 2.72. The summed E-state index contributed by atoms with van der Waals surface area (Å²) in [5, 5.41) is 6.05. The van der Waals surface area contributed by atoms with E-state index in [4.69, 9.17) is 0 Å². The molecule has 0 aliphatic rings. The van der Waals surface area contributed by atoms with E-state index in [2.05, 4.69) is 31.5 Å². The Morgan fingerprint density at radius 3 is 2.76 bits per heavy atom. The summed E-state index contributed by atoms with van der Waals surface area (Å²) in [5.41, 5.74) is 1.25. The van der Waals surface area contributed by atoms with E-state index >= 15 is 0 Å². The van der Waals surface area contributed by atoms with Crippen molar-refractivity contribution in [2.75, 3.05) is 11.9 Å². The van der Waals surface area contributed by atoms with E-state index in [0.29, 0.717) is 28.7 Å². The fraction of sp³-hybridized carbons (Fsp3) is 0.238. The second-order valence-electron chi connectivity index (χ2n) is 6.50. The lowest BCUT2D eigenvalue weighted by atomic mass is 10.1. The third kappa shape index (κ3) is 5.08. The van der Waals surface area contributed by atoms with Gasteiger partial charge in [-0.05, 0) is 36.8 Å². The number of anilines is 1. The first kappa shape index (κ1) is 20.7. The van der Waals surface area contributed by atoms with Crippen molar-refractivity contribution in [3.05, 3.63) is 69.2 Å². The maximum absolute atomic E-state index is 12.6. The second kappa shape index (κ2) is 9.47. The summed E-state index contributed by atoms with van der Waals surface area (Å²) in [6.07, 6.45) is 2.34. The Kier molecular flexibility index (Phi) is 6.77. The summed E-state index contributed by atoms with van der Waals surface area (Å²) in [6, 6.07) is 12.1. The molecular formula is C21H21BrN4O3. The van der Waals surface area contributed by atoms with Gasteiger partial charge in [0.15, 0.2) is 0 Å². The first-order valence-electron chi connectivity index (χ1n) is 9.31. The molecule has 0 saturated heterocycles. The Bertz CT molecular complexity index is 1110. The summed E-state index contributed by atoms with van der Waals surface area (Å²) in [4.78, 5) is 41.6. The van der Waals surface area contributed by atoms with Gasteiger partial charge in [0.2, 0.25) is 5.91 Å². The highest BCUT2D eigenvalue weighted by Gasteiger charge is 2.13. The molecule has 0 spiro atoms. The van der Waals surface area contributed by atoms with Crippen molar-refractivity contribution in [3.63, 3.8) is 0 Å². The van der Waals surface area contributed by atoms with Gasteiger partial charge in [0.25, 0.3) is 11.5 Å². The fourth-order valence-electron chi connectivity index (χ4n) is 2.85. The van der Waals surface area contributed by atoms with Gasteiger partial charge in [-0.25, -0.2) is 4.98 Å². The van der Waals surface area contributed by atoms with Gasteiger partial charge in [-0.1, -0.05) is 35.0 Å². The molecule has 0 saturated carbocycles. The third-order valence-corrected chi connectivity index (χ3v) is 4.84. The van der Waals surface area contributed by atoms with Gasteiger partial charge < -0.3 is 10.6 Å². The number of halogens is 1. The number of nitrogens with one attached hydrogen (secondary N) is 2. The number of fused-ring (bicyclic) bond motifs is 1. The molecule has 2 N–H and O–H groups in total. The number of carbonyl (C=O) groups is 2. The van der Waals surface area contributed by atoms with E-state index in [1.54, 1.807) is 36.4 Å². The highest BCUT2D eigenvalue weighted by molar-refractivity contribution is 9.10. The predicted molar refractivity (Wildman–Crippen MR) is 116 cm³/mol. The smallest absolute Gasteiger partial charge is 0.261 e. The number of hydrogen-bond donors (Lipinski definition) is 2.